The van der Waals surface area contributed by atoms with Crippen molar-refractivity contribution < 1.29 is 19.1 Å². The Hall–Kier alpha value is -2.04. The van der Waals surface area contributed by atoms with Gasteiger partial charge in [0.25, 0.3) is 0 Å². The summed E-state index contributed by atoms with van der Waals surface area (Å²) in [5.41, 5.74) is 0.157. The van der Waals surface area contributed by atoms with Gasteiger partial charge in [0, 0.05) is 17.8 Å². The summed E-state index contributed by atoms with van der Waals surface area (Å²) in [6.45, 7) is 7.08. The van der Waals surface area contributed by atoms with Crippen LogP contribution in [0.1, 0.15) is 88.9 Å². The summed E-state index contributed by atoms with van der Waals surface area (Å²) in [5.74, 6) is 0.0812. The molecule has 1 aromatic carbocycles. The van der Waals surface area contributed by atoms with E-state index in [-0.39, 0.29) is 12.4 Å². The minimum absolute atomic E-state index is 0.142. The van der Waals surface area contributed by atoms with Crippen LogP contribution in [0, 0.1) is 0 Å². The third-order valence-corrected chi connectivity index (χ3v) is 5.82. The standard InChI is InChI=1S/C24H37NO4/c1-5-8-10-12-16-24(23(27)29-7-3)22(26)20-18-19(28-4)14-15-21(20)25(24)17-13-11-9-6-2/h14-15,18H,5-13,16-17H2,1-4H3. The van der Waals surface area contributed by atoms with Gasteiger partial charge in [0.15, 0.2) is 0 Å². The Balaban J connectivity index is 2.43. The second kappa shape index (κ2) is 11.2. The Morgan fingerprint density at radius 1 is 1.00 bits per heavy atom. The van der Waals surface area contributed by atoms with Gasteiger partial charge in [0.05, 0.1) is 13.7 Å². The minimum atomic E-state index is -1.25. The monoisotopic (exact) mass is 403 g/mol. The Bertz CT molecular complexity index is 687. The third-order valence-electron chi connectivity index (χ3n) is 5.82. The van der Waals surface area contributed by atoms with E-state index in [0.29, 0.717) is 24.3 Å². The number of rotatable bonds is 13. The van der Waals surface area contributed by atoms with Crippen LogP contribution in [0.3, 0.4) is 0 Å². The van der Waals surface area contributed by atoms with Crippen LogP contribution in [0.2, 0.25) is 0 Å². The highest BCUT2D eigenvalue weighted by Crippen LogP contribution is 2.44. The van der Waals surface area contributed by atoms with Crippen LogP contribution in [0.5, 0.6) is 5.75 Å². The highest BCUT2D eigenvalue weighted by atomic mass is 16.5. The zero-order chi connectivity index (χ0) is 21.3. The summed E-state index contributed by atoms with van der Waals surface area (Å²) in [6, 6.07) is 5.55. The molecular formula is C24H37NO4. The number of anilines is 1. The largest absolute Gasteiger partial charge is 0.497 e. The molecule has 1 atom stereocenters. The van der Waals surface area contributed by atoms with Crippen molar-refractivity contribution in [3.63, 3.8) is 0 Å². The second-order valence-electron chi connectivity index (χ2n) is 7.82. The van der Waals surface area contributed by atoms with E-state index < -0.39 is 11.5 Å². The summed E-state index contributed by atoms with van der Waals surface area (Å²) in [4.78, 5) is 28.9. The number of nitrogens with zero attached hydrogens (tertiary/aromatic N) is 1. The number of unbranched alkanes of at least 4 members (excludes halogenated alkanes) is 6. The van der Waals surface area contributed by atoms with Crippen molar-refractivity contribution in [3.8, 4) is 5.75 Å². The highest BCUT2D eigenvalue weighted by Gasteiger charge is 2.57. The lowest BCUT2D eigenvalue weighted by Gasteiger charge is -2.37. The average Bonchev–Trinajstić information content (AvgIpc) is 2.97. The molecule has 5 heteroatoms. The number of fused-ring (bicyclic) bond motifs is 1. The molecule has 1 aliphatic rings. The summed E-state index contributed by atoms with van der Waals surface area (Å²) < 4.78 is 10.8. The molecule has 5 nitrogen and oxygen atoms in total. The van der Waals surface area contributed by atoms with Crippen molar-refractivity contribution in [2.75, 3.05) is 25.2 Å². The summed E-state index contributed by atoms with van der Waals surface area (Å²) >= 11 is 0. The Morgan fingerprint density at radius 2 is 1.69 bits per heavy atom. The molecule has 1 aromatic rings. The maximum atomic E-state index is 13.7. The van der Waals surface area contributed by atoms with E-state index in [0.717, 1.165) is 57.1 Å². The highest BCUT2D eigenvalue weighted by molar-refractivity contribution is 6.25. The predicted octanol–water partition coefficient (Wildman–Crippen LogP) is 5.55. The number of ether oxygens (including phenoxy) is 2. The van der Waals surface area contributed by atoms with Crippen LogP contribution in [-0.2, 0) is 9.53 Å². The summed E-state index contributed by atoms with van der Waals surface area (Å²) in [5, 5.41) is 0. The van der Waals surface area contributed by atoms with E-state index in [4.69, 9.17) is 9.47 Å². The van der Waals surface area contributed by atoms with E-state index >= 15 is 0 Å². The van der Waals surface area contributed by atoms with Gasteiger partial charge in [-0.3, -0.25) is 4.79 Å². The molecule has 1 heterocycles. The molecule has 0 aliphatic carbocycles. The number of esters is 1. The normalized spacial score (nSPS) is 18.1. The van der Waals surface area contributed by atoms with Crippen LogP contribution in [0.25, 0.3) is 0 Å². The fourth-order valence-electron chi connectivity index (χ4n) is 4.23. The molecule has 0 aromatic heterocycles. The van der Waals surface area contributed by atoms with Crippen LogP contribution < -0.4 is 9.64 Å². The lowest BCUT2D eigenvalue weighted by Crippen LogP contribution is -2.57. The van der Waals surface area contributed by atoms with E-state index in [9.17, 15) is 9.59 Å². The van der Waals surface area contributed by atoms with Crippen molar-refractivity contribution >= 4 is 17.4 Å². The van der Waals surface area contributed by atoms with Gasteiger partial charge in [-0.2, -0.15) is 0 Å². The van der Waals surface area contributed by atoms with Gasteiger partial charge in [0.1, 0.15) is 5.75 Å². The zero-order valence-corrected chi connectivity index (χ0v) is 18.6. The van der Waals surface area contributed by atoms with Crippen molar-refractivity contribution in [1.82, 2.24) is 0 Å². The van der Waals surface area contributed by atoms with Crippen molar-refractivity contribution in [2.24, 2.45) is 0 Å². The lowest BCUT2D eigenvalue weighted by atomic mass is 9.86. The smallest absolute Gasteiger partial charge is 0.340 e. The number of Topliss-reactive ketones (excluding diaryl/α,β-unsaturated/α-hetero) is 1. The molecular weight excluding hydrogens is 366 g/mol. The van der Waals surface area contributed by atoms with Gasteiger partial charge >= 0.3 is 5.97 Å². The quantitative estimate of drug-likeness (QED) is 0.245. The van der Waals surface area contributed by atoms with Crippen LogP contribution in [-0.4, -0.2) is 37.6 Å². The van der Waals surface area contributed by atoms with Crippen LogP contribution >= 0.6 is 0 Å². The Labute approximate surface area is 175 Å². The van der Waals surface area contributed by atoms with Gasteiger partial charge < -0.3 is 14.4 Å². The first kappa shape index (κ1) is 23.2. The van der Waals surface area contributed by atoms with Crippen molar-refractivity contribution in [3.05, 3.63) is 23.8 Å². The second-order valence-corrected chi connectivity index (χ2v) is 7.82. The molecule has 0 spiro atoms. The van der Waals surface area contributed by atoms with E-state index in [2.05, 4.69) is 13.8 Å². The first-order valence-electron chi connectivity index (χ1n) is 11.2. The first-order valence-corrected chi connectivity index (χ1v) is 11.2. The maximum Gasteiger partial charge on any atom is 0.340 e. The Morgan fingerprint density at radius 3 is 2.31 bits per heavy atom. The van der Waals surface area contributed by atoms with E-state index in [1.807, 2.05) is 17.0 Å². The van der Waals surface area contributed by atoms with E-state index in [1.54, 1.807) is 20.1 Å². The molecule has 0 fully saturated rings. The fraction of sp³-hybridized carbons (Fsp3) is 0.667. The molecule has 2 rings (SSSR count). The molecule has 162 valence electrons. The minimum Gasteiger partial charge on any atom is -0.497 e. The number of carbonyl (C=O) groups is 2. The van der Waals surface area contributed by atoms with Gasteiger partial charge in [0.2, 0.25) is 11.3 Å². The molecule has 1 unspecified atom stereocenters. The molecule has 29 heavy (non-hydrogen) atoms. The number of carbonyl (C=O) groups excluding carboxylic acids is 2. The Kier molecular flexibility index (Phi) is 8.99. The number of ketones is 1. The van der Waals surface area contributed by atoms with Crippen molar-refractivity contribution in [2.45, 2.75) is 84.1 Å². The van der Waals surface area contributed by atoms with Gasteiger partial charge in [-0.1, -0.05) is 58.8 Å². The molecule has 0 radical (unpaired) electrons. The molecule has 0 bridgehead atoms. The lowest BCUT2D eigenvalue weighted by molar-refractivity contribution is -0.147. The summed E-state index contributed by atoms with van der Waals surface area (Å²) in [6.07, 6.45) is 8.87. The molecule has 0 N–H and O–H groups in total. The van der Waals surface area contributed by atoms with Crippen LogP contribution in [0.4, 0.5) is 5.69 Å². The van der Waals surface area contributed by atoms with Gasteiger partial charge in [-0.15, -0.1) is 0 Å². The average molecular weight is 404 g/mol. The first-order chi connectivity index (χ1) is 14.1. The number of benzene rings is 1. The topological polar surface area (TPSA) is 55.8 Å². The van der Waals surface area contributed by atoms with Crippen molar-refractivity contribution in [1.29, 1.82) is 0 Å². The zero-order valence-electron chi connectivity index (χ0n) is 18.6. The van der Waals surface area contributed by atoms with Crippen LogP contribution in [0.15, 0.2) is 18.2 Å². The summed E-state index contributed by atoms with van der Waals surface area (Å²) in [7, 11) is 1.59. The molecule has 0 saturated carbocycles. The van der Waals surface area contributed by atoms with Gasteiger partial charge in [-0.25, -0.2) is 4.79 Å². The molecule has 1 aliphatic heterocycles. The third kappa shape index (κ3) is 4.93. The maximum absolute atomic E-state index is 13.7. The number of hydrogen-bond donors (Lipinski definition) is 0. The molecule has 0 saturated heterocycles. The number of methoxy groups -OCH3 is 1. The molecule has 0 amide bonds. The van der Waals surface area contributed by atoms with E-state index in [1.165, 1.54) is 0 Å². The van der Waals surface area contributed by atoms with Gasteiger partial charge in [-0.05, 0) is 38.0 Å². The number of hydrogen-bond acceptors (Lipinski definition) is 5. The fourth-order valence-corrected chi connectivity index (χ4v) is 4.23. The predicted molar refractivity (Wildman–Crippen MR) is 117 cm³/mol. The SMILES string of the molecule is CCCCCCN1c2ccc(OC)cc2C(=O)C1(CCCCCC)C(=O)OCC.